The number of benzene rings is 1. The van der Waals surface area contributed by atoms with Crippen LogP contribution in [0.3, 0.4) is 0 Å². The molecule has 0 saturated carbocycles. The van der Waals surface area contributed by atoms with Crippen LogP contribution in [0.4, 0.5) is 0 Å². The molecule has 1 atom stereocenters. The zero-order valence-electron chi connectivity index (χ0n) is 15.4. The third-order valence-corrected chi connectivity index (χ3v) is 6.02. The molecule has 1 aromatic heterocycles. The first-order chi connectivity index (χ1) is 12.0. The van der Waals surface area contributed by atoms with Gasteiger partial charge in [-0.2, -0.15) is 0 Å². The Kier molecular flexibility index (Phi) is 5.86. The number of aromatic nitrogens is 1. The van der Waals surface area contributed by atoms with Crippen LogP contribution in [0, 0.1) is 13.8 Å². The smallest absolute Gasteiger partial charge is 0.222 e. The fraction of sp³-hybridized carbons (Fsp3) is 0.500. The highest BCUT2D eigenvalue weighted by Crippen LogP contribution is 2.21. The third kappa shape index (κ3) is 4.67. The Morgan fingerprint density at radius 2 is 2.08 bits per heavy atom. The standard InChI is InChI=1S/C20H27N3OS/c1-15-6-4-5-7-17(15)12-23-11-10-18(8-9-20(23)24)22(3)13-19-21-16(2)14-25-19/h4-7,14,18H,8-13H2,1-3H3. The Hall–Kier alpha value is -1.72. The van der Waals surface area contributed by atoms with E-state index in [1.807, 2.05) is 17.9 Å². The van der Waals surface area contributed by atoms with Crippen LogP contribution in [0.5, 0.6) is 0 Å². The van der Waals surface area contributed by atoms with E-state index in [9.17, 15) is 4.79 Å². The zero-order chi connectivity index (χ0) is 17.8. The molecule has 1 saturated heterocycles. The number of rotatable bonds is 5. The molecule has 1 unspecified atom stereocenters. The van der Waals surface area contributed by atoms with Crippen LogP contribution in [0.25, 0.3) is 0 Å². The van der Waals surface area contributed by atoms with Gasteiger partial charge in [0.25, 0.3) is 0 Å². The Labute approximate surface area is 154 Å². The van der Waals surface area contributed by atoms with Gasteiger partial charge < -0.3 is 4.90 Å². The Morgan fingerprint density at radius 1 is 1.28 bits per heavy atom. The maximum atomic E-state index is 12.6. The molecule has 3 rings (SSSR count). The number of likely N-dealkylation sites (tertiary alicyclic amines) is 1. The van der Waals surface area contributed by atoms with Crippen molar-refractivity contribution in [2.45, 2.75) is 52.2 Å². The van der Waals surface area contributed by atoms with Gasteiger partial charge in [0.1, 0.15) is 5.01 Å². The lowest BCUT2D eigenvalue weighted by molar-refractivity contribution is -0.131. The van der Waals surface area contributed by atoms with E-state index < -0.39 is 0 Å². The minimum atomic E-state index is 0.282. The van der Waals surface area contributed by atoms with E-state index in [-0.39, 0.29) is 5.91 Å². The zero-order valence-corrected chi connectivity index (χ0v) is 16.2. The molecule has 0 bridgehead atoms. The minimum Gasteiger partial charge on any atom is -0.338 e. The number of aryl methyl sites for hydroxylation is 2. The number of thiazole rings is 1. The lowest BCUT2D eigenvalue weighted by atomic mass is 10.1. The molecule has 25 heavy (non-hydrogen) atoms. The predicted molar refractivity (Wildman–Crippen MR) is 103 cm³/mol. The summed E-state index contributed by atoms with van der Waals surface area (Å²) in [5.41, 5.74) is 3.60. The molecule has 134 valence electrons. The van der Waals surface area contributed by atoms with Crippen LogP contribution in [0.2, 0.25) is 0 Å². The van der Waals surface area contributed by atoms with Crippen molar-refractivity contribution < 1.29 is 4.79 Å². The predicted octanol–water partition coefficient (Wildman–Crippen LogP) is 3.77. The quantitative estimate of drug-likeness (QED) is 0.817. The number of hydrogen-bond acceptors (Lipinski definition) is 4. The van der Waals surface area contributed by atoms with E-state index in [1.54, 1.807) is 11.3 Å². The summed E-state index contributed by atoms with van der Waals surface area (Å²) in [6.45, 7) is 6.58. The molecule has 0 N–H and O–H groups in total. The summed E-state index contributed by atoms with van der Waals surface area (Å²) in [5, 5.41) is 3.26. The fourth-order valence-corrected chi connectivity index (χ4v) is 4.28. The number of carbonyl (C=O) groups excluding carboxylic acids is 1. The van der Waals surface area contributed by atoms with Crippen molar-refractivity contribution in [3.05, 3.63) is 51.5 Å². The molecule has 0 aliphatic carbocycles. The van der Waals surface area contributed by atoms with Crippen molar-refractivity contribution in [1.29, 1.82) is 0 Å². The van der Waals surface area contributed by atoms with E-state index >= 15 is 0 Å². The number of amides is 1. The van der Waals surface area contributed by atoms with Crippen LogP contribution in [0.1, 0.15) is 41.1 Å². The number of nitrogens with zero attached hydrogens (tertiary/aromatic N) is 3. The minimum absolute atomic E-state index is 0.282. The highest BCUT2D eigenvalue weighted by molar-refractivity contribution is 7.09. The summed E-state index contributed by atoms with van der Waals surface area (Å²) in [6, 6.07) is 8.78. The normalized spacial score (nSPS) is 18.6. The molecular weight excluding hydrogens is 330 g/mol. The third-order valence-electron chi connectivity index (χ3n) is 5.07. The van der Waals surface area contributed by atoms with Crippen molar-refractivity contribution in [1.82, 2.24) is 14.8 Å². The molecule has 1 aliphatic rings. The van der Waals surface area contributed by atoms with Gasteiger partial charge in [0.2, 0.25) is 5.91 Å². The summed E-state index contributed by atoms with van der Waals surface area (Å²) in [7, 11) is 2.16. The van der Waals surface area contributed by atoms with Gasteiger partial charge in [-0.3, -0.25) is 9.69 Å². The number of carbonyl (C=O) groups is 1. The van der Waals surface area contributed by atoms with Gasteiger partial charge in [-0.25, -0.2) is 4.98 Å². The van der Waals surface area contributed by atoms with Gasteiger partial charge >= 0.3 is 0 Å². The Morgan fingerprint density at radius 3 is 2.80 bits per heavy atom. The summed E-state index contributed by atoms with van der Waals surface area (Å²) in [6.07, 6.45) is 2.60. The van der Waals surface area contributed by atoms with Gasteiger partial charge in [0.15, 0.2) is 0 Å². The maximum absolute atomic E-state index is 12.6. The number of hydrogen-bond donors (Lipinski definition) is 0. The van der Waals surface area contributed by atoms with Crippen LogP contribution in [-0.4, -0.2) is 40.3 Å². The van der Waals surface area contributed by atoms with Gasteiger partial charge in [-0.05, 0) is 44.9 Å². The largest absolute Gasteiger partial charge is 0.338 e. The molecule has 1 aromatic carbocycles. The van der Waals surface area contributed by atoms with E-state index in [0.717, 1.165) is 43.2 Å². The second-order valence-corrected chi connectivity index (χ2v) is 7.96. The first kappa shape index (κ1) is 18.1. The second-order valence-electron chi connectivity index (χ2n) is 7.02. The Bertz CT molecular complexity index is 727. The van der Waals surface area contributed by atoms with Gasteiger partial charge in [0, 0.05) is 36.6 Å². The van der Waals surface area contributed by atoms with Crippen molar-refractivity contribution >= 4 is 17.2 Å². The summed E-state index contributed by atoms with van der Waals surface area (Å²) >= 11 is 1.72. The van der Waals surface area contributed by atoms with Gasteiger partial charge in [-0.1, -0.05) is 24.3 Å². The molecule has 1 aliphatic heterocycles. The summed E-state index contributed by atoms with van der Waals surface area (Å²) in [4.78, 5) is 21.5. The first-order valence-corrected chi connectivity index (χ1v) is 9.84. The topological polar surface area (TPSA) is 36.4 Å². The molecule has 1 fully saturated rings. The van der Waals surface area contributed by atoms with E-state index in [4.69, 9.17) is 0 Å². The summed E-state index contributed by atoms with van der Waals surface area (Å²) in [5.74, 6) is 0.282. The lowest BCUT2D eigenvalue weighted by Crippen LogP contribution is -2.33. The molecular formula is C20H27N3OS. The SMILES string of the molecule is Cc1csc(CN(C)C2CCC(=O)N(Cc3ccccc3C)CC2)n1. The molecule has 0 spiro atoms. The maximum Gasteiger partial charge on any atom is 0.222 e. The van der Waals surface area contributed by atoms with E-state index in [1.165, 1.54) is 11.1 Å². The van der Waals surface area contributed by atoms with Crippen LogP contribution >= 0.6 is 11.3 Å². The molecule has 1 amide bonds. The van der Waals surface area contributed by atoms with Crippen molar-refractivity contribution in [3.8, 4) is 0 Å². The molecule has 5 heteroatoms. The molecule has 2 heterocycles. The molecule has 4 nitrogen and oxygen atoms in total. The van der Waals surface area contributed by atoms with Crippen LogP contribution < -0.4 is 0 Å². The van der Waals surface area contributed by atoms with E-state index in [0.29, 0.717) is 12.5 Å². The summed E-state index contributed by atoms with van der Waals surface area (Å²) < 4.78 is 0. The first-order valence-electron chi connectivity index (χ1n) is 8.96. The van der Waals surface area contributed by atoms with Crippen molar-refractivity contribution in [2.75, 3.05) is 13.6 Å². The lowest BCUT2D eigenvalue weighted by Gasteiger charge is -2.26. The molecule has 2 aromatic rings. The van der Waals surface area contributed by atoms with E-state index in [2.05, 4.69) is 47.4 Å². The highest BCUT2D eigenvalue weighted by Gasteiger charge is 2.25. The van der Waals surface area contributed by atoms with Crippen molar-refractivity contribution in [2.24, 2.45) is 0 Å². The van der Waals surface area contributed by atoms with Gasteiger partial charge in [-0.15, -0.1) is 11.3 Å². The molecule has 0 radical (unpaired) electrons. The monoisotopic (exact) mass is 357 g/mol. The van der Waals surface area contributed by atoms with Crippen LogP contribution in [0.15, 0.2) is 29.6 Å². The van der Waals surface area contributed by atoms with Crippen molar-refractivity contribution in [3.63, 3.8) is 0 Å². The van der Waals surface area contributed by atoms with Gasteiger partial charge in [0.05, 0.1) is 6.54 Å². The second kappa shape index (κ2) is 8.11. The average molecular weight is 358 g/mol. The average Bonchev–Trinajstić information content (AvgIpc) is 2.90. The Balaban J connectivity index is 1.60. The highest BCUT2D eigenvalue weighted by atomic mass is 32.1. The van der Waals surface area contributed by atoms with Crippen LogP contribution in [-0.2, 0) is 17.9 Å². The fourth-order valence-electron chi connectivity index (χ4n) is 3.44.